The van der Waals surface area contributed by atoms with E-state index >= 15 is 0 Å². The molecular weight excluding hydrogens is 278 g/mol. The lowest BCUT2D eigenvalue weighted by Crippen LogP contribution is -2.69. The molecule has 0 spiro atoms. The van der Waals surface area contributed by atoms with Crippen LogP contribution in [-0.4, -0.2) is 48.4 Å². The predicted octanol–water partition coefficient (Wildman–Crippen LogP) is 0.181. The number of rotatable bonds is 2. The van der Waals surface area contributed by atoms with Gasteiger partial charge in [-0.05, 0) is 17.7 Å². The fourth-order valence-electron chi connectivity index (χ4n) is 2.73. The van der Waals surface area contributed by atoms with Crippen LogP contribution in [0.15, 0.2) is 24.3 Å². The van der Waals surface area contributed by atoms with E-state index in [2.05, 4.69) is 10.6 Å². The molecule has 0 saturated carbocycles. The molecule has 20 heavy (non-hydrogen) atoms. The van der Waals surface area contributed by atoms with Gasteiger partial charge in [0.05, 0.1) is 0 Å². The van der Waals surface area contributed by atoms with Gasteiger partial charge in [0.25, 0.3) is 0 Å². The molecule has 2 heterocycles. The van der Waals surface area contributed by atoms with E-state index in [9.17, 15) is 9.59 Å². The average molecular weight is 294 g/mol. The molecule has 3 rings (SSSR count). The van der Waals surface area contributed by atoms with Gasteiger partial charge >= 0.3 is 0 Å². The Hall–Kier alpha value is -1.59. The highest BCUT2D eigenvalue weighted by Crippen LogP contribution is 2.16. The van der Waals surface area contributed by atoms with Crippen LogP contribution in [0.3, 0.4) is 0 Å². The van der Waals surface area contributed by atoms with Gasteiger partial charge in [0.1, 0.15) is 12.1 Å². The normalized spacial score (nSPS) is 26.1. The zero-order valence-corrected chi connectivity index (χ0v) is 11.7. The summed E-state index contributed by atoms with van der Waals surface area (Å²) >= 11 is 5.85. The number of carbonyl (C=O) groups is 2. The van der Waals surface area contributed by atoms with E-state index in [0.29, 0.717) is 24.5 Å². The van der Waals surface area contributed by atoms with Crippen LogP contribution in [0, 0.1) is 0 Å². The molecule has 2 fully saturated rings. The van der Waals surface area contributed by atoms with Gasteiger partial charge in [0, 0.05) is 31.1 Å². The van der Waals surface area contributed by atoms with Gasteiger partial charge < -0.3 is 15.5 Å². The van der Waals surface area contributed by atoms with Gasteiger partial charge in [0.2, 0.25) is 11.8 Å². The van der Waals surface area contributed by atoms with Crippen molar-refractivity contribution in [2.45, 2.75) is 18.5 Å². The quantitative estimate of drug-likeness (QED) is 0.818. The molecule has 6 heteroatoms. The number of fused-ring (bicyclic) bond motifs is 1. The molecule has 2 atom stereocenters. The monoisotopic (exact) mass is 293 g/mol. The Morgan fingerprint density at radius 2 is 2.00 bits per heavy atom. The number of nitrogens with one attached hydrogen (secondary N) is 2. The highest BCUT2D eigenvalue weighted by molar-refractivity contribution is 6.30. The summed E-state index contributed by atoms with van der Waals surface area (Å²) in [6.45, 7) is 1.86. The Morgan fingerprint density at radius 3 is 2.75 bits per heavy atom. The SMILES string of the molecule is O=C1N[C@H](Cc2ccc(Cl)cc2)C(=O)N2CCNC[C@H]12. The molecule has 2 aliphatic rings. The molecular formula is C14H16ClN3O2. The van der Waals surface area contributed by atoms with Gasteiger partial charge in [-0.3, -0.25) is 9.59 Å². The summed E-state index contributed by atoms with van der Waals surface area (Å²) in [5.74, 6) is -0.0678. The smallest absolute Gasteiger partial charge is 0.246 e. The minimum Gasteiger partial charge on any atom is -0.342 e. The van der Waals surface area contributed by atoms with Crippen LogP contribution in [0.25, 0.3) is 0 Å². The summed E-state index contributed by atoms with van der Waals surface area (Å²) in [5.41, 5.74) is 0.988. The lowest BCUT2D eigenvalue weighted by atomic mass is 9.99. The first-order chi connectivity index (χ1) is 9.65. The second-order valence-electron chi connectivity index (χ2n) is 5.14. The first-order valence-corrected chi connectivity index (χ1v) is 7.09. The highest BCUT2D eigenvalue weighted by Gasteiger charge is 2.41. The van der Waals surface area contributed by atoms with Crippen molar-refractivity contribution in [3.63, 3.8) is 0 Å². The first kappa shape index (κ1) is 13.4. The summed E-state index contributed by atoms with van der Waals surface area (Å²) in [4.78, 5) is 26.2. The van der Waals surface area contributed by atoms with Gasteiger partial charge in [-0.2, -0.15) is 0 Å². The number of halogens is 1. The van der Waals surface area contributed by atoms with E-state index in [0.717, 1.165) is 12.1 Å². The maximum atomic E-state index is 12.4. The van der Waals surface area contributed by atoms with Crippen molar-refractivity contribution in [3.8, 4) is 0 Å². The molecule has 2 N–H and O–H groups in total. The maximum absolute atomic E-state index is 12.4. The molecule has 0 bridgehead atoms. The number of hydrogen-bond acceptors (Lipinski definition) is 3. The van der Waals surface area contributed by atoms with Crippen molar-refractivity contribution in [2.24, 2.45) is 0 Å². The van der Waals surface area contributed by atoms with E-state index in [4.69, 9.17) is 11.6 Å². The van der Waals surface area contributed by atoms with Crippen molar-refractivity contribution in [2.75, 3.05) is 19.6 Å². The highest BCUT2D eigenvalue weighted by atomic mass is 35.5. The van der Waals surface area contributed by atoms with Crippen LogP contribution in [0.5, 0.6) is 0 Å². The van der Waals surface area contributed by atoms with Gasteiger partial charge in [-0.25, -0.2) is 0 Å². The van der Waals surface area contributed by atoms with Gasteiger partial charge in [-0.1, -0.05) is 23.7 Å². The van der Waals surface area contributed by atoms with E-state index < -0.39 is 6.04 Å². The zero-order valence-electron chi connectivity index (χ0n) is 10.9. The number of amides is 2. The number of hydrogen-bond donors (Lipinski definition) is 2. The molecule has 106 valence electrons. The maximum Gasteiger partial charge on any atom is 0.246 e. The molecule has 5 nitrogen and oxygen atoms in total. The topological polar surface area (TPSA) is 61.4 Å². The van der Waals surface area contributed by atoms with E-state index in [-0.39, 0.29) is 17.9 Å². The van der Waals surface area contributed by atoms with Crippen molar-refractivity contribution < 1.29 is 9.59 Å². The Morgan fingerprint density at radius 1 is 1.25 bits per heavy atom. The minimum atomic E-state index is -0.474. The third kappa shape index (κ3) is 2.51. The Bertz CT molecular complexity index is 532. The number of benzene rings is 1. The lowest BCUT2D eigenvalue weighted by molar-refractivity contribution is -0.150. The third-order valence-electron chi connectivity index (χ3n) is 3.80. The van der Waals surface area contributed by atoms with Crippen LogP contribution in [0.4, 0.5) is 0 Å². The van der Waals surface area contributed by atoms with Gasteiger partial charge in [0.15, 0.2) is 0 Å². The van der Waals surface area contributed by atoms with Crippen molar-refractivity contribution in [3.05, 3.63) is 34.9 Å². The average Bonchev–Trinajstić information content (AvgIpc) is 2.47. The summed E-state index contributed by atoms with van der Waals surface area (Å²) in [6, 6.07) is 6.51. The Labute approximate surface area is 122 Å². The molecule has 0 unspecified atom stereocenters. The van der Waals surface area contributed by atoms with Crippen LogP contribution in [0.1, 0.15) is 5.56 Å². The summed E-state index contributed by atoms with van der Waals surface area (Å²) in [7, 11) is 0. The van der Waals surface area contributed by atoms with Crippen molar-refractivity contribution in [1.29, 1.82) is 0 Å². The third-order valence-corrected chi connectivity index (χ3v) is 4.05. The molecule has 2 aliphatic heterocycles. The summed E-state index contributed by atoms with van der Waals surface area (Å²) < 4.78 is 0. The van der Waals surface area contributed by atoms with E-state index in [1.54, 1.807) is 17.0 Å². The molecule has 1 aromatic carbocycles. The lowest BCUT2D eigenvalue weighted by Gasteiger charge is -2.41. The molecule has 2 saturated heterocycles. The molecule has 0 aliphatic carbocycles. The molecule has 0 radical (unpaired) electrons. The van der Waals surface area contributed by atoms with E-state index in [1.807, 2.05) is 12.1 Å². The van der Waals surface area contributed by atoms with E-state index in [1.165, 1.54) is 0 Å². The van der Waals surface area contributed by atoms with Crippen molar-refractivity contribution in [1.82, 2.24) is 15.5 Å². The Kier molecular flexibility index (Phi) is 3.63. The number of piperazine rings is 2. The number of carbonyl (C=O) groups excluding carboxylic acids is 2. The second-order valence-corrected chi connectivity index (χ2v) is 5.58. The first-order valence-electron chi connectivity index (χ1n) is 6.71. The van der Waals surface area contributed by atoms with Gasteiger partial charge in [-0.15, -0.1) is 0 Å². The Balaban J connectivity index is 1.75. The summed E-state index contributed by atoms with van der Waals surface area (Å²) in [5, 5.41) is 6.62. The zero-order chi connectivity index (χ0) is 14.1. The van der Waals surface area contributed by atoms with Crippen LogP contribution in [0.2, 0.25) is 5.02 Å². The number of nitrogens with zero attached hydrogens (tertiary/aromatic N) is 1. The van der Waals surface area contributed by atoms with Crippen LogP contribution < -0.4 is 10.6 Å². The summed E-state index contributed by atoms with van der Waals surface area (Å²) in [6.07, 6.45) is 0.498. The molecule has 0 aromatic heterocycles. The largest absolute Gasteiger partial charge is 0.342 e. The molecule has 2 amide bonds. The van der Waals surface area contributed by atoms with Crippen molar-refractivity contribution >= 4 is 23.4 Å². The minimum absolute atomic E-state index is 0.00560. The predicted molar refractivity (Wildman–Crippen MR) is 75.5 cm³/mol. The molecule has 1 aromatic rings. The van der Waals surface area contributed by atoms with Crippen LogP contribution in [-0.2, 0) is 16.0 Å². The second kappa shape index (κ2) is 5.42. The fraction of sp³-hybridized carbons (Fsp3) is 0.429. The standard InChI is InChI=1S/C14H16ClN3O2/c15-10-3-1-9(2-4-10)7-11-14(20)18-6-5-16-8-12(18)13(19)17-11/h1-4,11-12,16H,5-8H2,(H,17,19)/t11-,12-/m1/s1. The van der Waals surface area contributed by atoms with Crippen LogP contribution >= 0.6 is 11.6 Å². The fourth-order valence-corrected chi connectivity index (χ4v) is 2.85.